The number of amides is 1. The van der Waals surface area contributed by atoms with Crippen molar-refractivity contribution in [3.8, 4) is 11.5 Å². The van der Waals surface area contributed by atoms with Crippen LogP contribution in [0.5, 0.6) is 0 Å². The number of nitrogens with one attached hydrogen (secondary N) is 2. The van der Waals surface area contributed by atoms with Gasteiger partial charge in [-0.3, -0.25) is 9.69 Å². The number of hydrogen-bond donors (Lipinski definition) is 2. The third-order valence-electron chi connectivity index (χ3n) is 5.60. The standard InChI is InChI=1S/C25H23FN4O2.ClH/c26-19-7-3-5-17(15-19)24(31)28-21-9-2-1-8-20(21)25-29-23-18(6-4-10-22(23)32-25)16-30-13-11-27-12-14-30;/h1-10,15,27H,11-14,16H2,(H,28,31);1H. The fourth-order valence-electron chi connectivity index (χ4n) is 3.96. The van der Waals surface area contributed by atoms with Crippen molar-refractivity contribution in [1.82, 2.24) is 15.2 Å². The average molecular weight is 467 g/mol. The smallest absolute Gasteiger partial charge is 0.255 e. The summed E-state index contributed by atoms with van der Waals surface area (Å²) in [5.74, 6) is -0.419. The number of halogens is 2. The number of aromatic nitrogens is 1. The summed E-state index contributed by atoms with van der Waals surface area (Å²) in [5.41, 5.74) is 4.11. The van der Waals surface area contributed by atoms with Crippen LogP contribution in [-0.2, 0) is 6.54 Å². The largest absolute Gasteiger partial charge is 0.436 e. The molecule has 0 aliphatic carbocycles. The maximum Gasteiger partial charge on any atom is 0.255 e. The number of oxazole rings is 1. The van der Waals surface area contributed by atoms with Gasteiger partial charge in [0.1, 0.15) is 11.3 Å². The summed E-state index contributed by atoms with van der Waals surface area (Å²) in [6.07, 6.45) is 0. The predicted molar refractivity (Wildman–Crippen MR) is 129 cm³/mol. The van der Waals surface area contributed by atoms with Crippen LogP contribution in [-0.4, -0.2) is 42.0 Å². The van der Waals surface area contributed by atoms with E-state index < -0.39 is 11.7 Å². The summed E-state index contributed by atoms with van der Waals surface area (Å²) in [5, 5.41) is 6.23. The van der Waals surface area contributed by atoms with Crippen LogP contribution in [0.3, 0.4) is 0 Å². The molecular weight excluding hydrogens is 443 g/mol. The molecule has 170 valence electrons. The van der Waals surface area contributed by atoms with Crippen LogP contribution in [0, 0.1) is 5.82 Å². The molecule has 0 bridgehead atoms. The molecule has 33 heavy (non-hydrogen) atoms. The van der Waals surface area contributed by atoms with E-state index in [4.69, 9.17) is 9.40 Å². The second kappa shape index (κ2) is 10.1. The molecule has 8 heteroatoms. The van der Waals surface area contributed by atoms with Crippen molar-refractivity contribution in [3.63, 3.8) is 0 Å². The van der Waals surface area contributed by atoms with E-state index in [1.54, 1.807) is 12.1 Å². The van der Waals surface area contributed by atoms with Crippen LogP contribution in [0.25, 0.3) is 22.6 Å². The number of hydrogen-bond acceptors (Lipinski definition) is 5. The van der Waals surface area contributed by atoms with Crippen molar-refractivity contribution in [3.05, 3.63) is 83.7 Å². The topological polar surface area (TPSA) is 70.4 Å². The second-order valence-electron chi connectivity index (χ2n) is 7.82. The van der Waals surface area contributed by atoms with Gasteiger partial charge in [0.2, 0.25) is 5.89 Å². The molecule has 0 unspecified atom stereocenters. The summed E-state index contributed by atoms with van der Waals surface area (Å²) < 4.78 is 19.6. The predicted octanol–water partition coefficient (Wildman–Crippen LogP) is 4.71. The lowest BCUT2D eigenvalue weighted by molar-refractivity contribution is 0.102. The first-order chi connectivity index (χ1) is 15.7. The fraction of sp³-hybridized carbons (Fsp3) is 0.200. The van der Waals surface area contributed by atoms with E-state index in [9.17, 15) is 9.18 Å². The molecular formula is C25H24ClFN4O2. The molecule has 1 aromatic heterocycles. The molecule has 1 aliphatic heterocycles. The first kappa shape index (κ1) is 22.9. The van der Waals surface area contributed by atoms with E-state index in [1.165, 1.54) is 18.2 Å². The monoisotopic (exact) mass is 466 g/mol. The minimum absolute atomic E-state index is 0. The minimum Gasteiger partial charge on any atom is -0.436 e. The van der Waals surface area contributed by atoms with Gasteiger partial charge in [-0.15, -0.1) is 12.4 Å². The van der Waals surface area contributed by atoms with Gasteiger partial charge in [-0.1, -0.05) is 30.3 Å². The van der Waals surface area contributed by atoms with Crippen LogP contribution in [0.15, 0.2) is 71.1 Å². The molecule has 2 heterocycles. The van der Waals surface area contributed by atoms with Gasteiger partial charge >= 0.3 is 0 Å². The molecule has 6 nitrogen and oxygen atoms in total. The van der Waals surface area contributed by atoms with E-state index in [-0.39, 0.29) is 18.0 Å². The Kier molecular flexibility index (Phi) is 7.03. The summed E-state index contributed by atoms with van der Waals surface area (Å²) in [7, 11) is 0. The summed E-state index contributed by atoms with van der Waals surface area (Å²) >= 11 is 0. The molecule has 1 fully saturated rings. The van der Waals surface area contributed by atoms with Crippen molar-refractivity contribution in [2.75, 3.05) is 31.5 Å². The van der Waals surface area contributed by atoms with Gasteiger partial charge in [-0.25, -0.2) is 9.37 Å². The normalized spacial score (nSPS) is 14.1. The quantitative estimate of drug-likeness (QED) is 0.445. The molecule has 1 saturated heterocycles. The Hall–Kier alpha value is -3.26. The van der Waals surface area contributed by atoms with Gasteiger partial charge in [-0.2, -0.15) is 0 Å². The zero-order chi connectivity index (χ0) is 21.9. The van der Waals surface area contributed by atoms with Gasteiger partial charge in [0, 0.05) is 38.3 Å². The summed E-state index contributed by atoms with van der Waals surface area (Å²) in [4.78, 5) is 19.8. The Morgan fingerprint density at radius 3 is 2.67 bits per heavy atom. The molecule has 0 saturated carbocycles. The van der Waals surface area contributed by atoms with Crippen molar-refractivity contribution >= 4 is 35.1 Å². The van der Waals surface area contributed by atoms with Gasteiger partial charge in [-0.05, 0) is 42.0 Å². The maximum atomic E-state index is 13.5. The SMILES string of the molecule is Cl.O=C(Nc1ccccc1-c1nc2c(CN3CCNCC3)cccc2o1)c1cccc(F)c1. The number of rotatable bonds is 5. The first-order valence-corrected chi connectivity index (χ1v) is 10.7. The maximum absolute atomic E-state index is 13.5. The van der Waals surface area contributed by atoms with Crippen molar-refractivity contribution in [1.29, 1.82) is 0 Å². The Morgan fingerprint density at radius 2 is 1.85 bits per heavy atom. The van der Waals surface area contributed by atoms with E-state index in [0.29, 0.717) is 22.7 Å². The Morgan fingerprint density at radius 1 is 1.06 bits per heavy atom. The van der Waals surface area contributed by atoms with Gasteiger partial charge in [0.05, 0.1) is 11.3 Å². The molecule has 1 amide bonds. The van der Waals surface area contributed by atoms with Crippen molar-refractivity contribution in [2.45, 2.75) is 6.54 Å². The number of anilines is 1. The zero-order valence-corrected chi connectivity index (χ0v) is 18.7. The number of carbonyl (C=O) groups is 1. The highest BCUT2D eigenvalue weighted by molar-refractivity contribution is 6.06. The minimum atomic E-state index is -0.457. The van der Waals surface area contributed by atoms with Crippen molar-refractivity contribution in [2.24, 2.45) is 0 Å². The van der Waals surface area contributed by atoms with Crippen LogP contribution >= 0.6 is 12.4 Å². The molecule has 2 N–H and O–H groups in total. The number of carbonyl (C=O) groups excluding carboxylic acids is 1. The number of fused-ring (bicyclic) bond motifs is 1. The lowest BCUT2D eigenvalue weighted by Gasteiger charge is -2.27. The lowest BCUT2D eigenvalue weighted by atomic mass is 10.1. The number of para-hydroxylation sites is 2. The molecule has 4 aromatic rings. The van der Waals surface area contributed by atoms with E-state index in [1.807, 2.05) is 30.3 Å². The van der Waals surface area contributed by atoms with E-state index >= 15 is 0 Å². The third-order valence-corrected chi connectivity index (χ3v) is 5.60. The van der Waals surface area contributed by atoms with E-state index in [0.717, 1.165) is 43.8 Å². The summed E-state index contributed by atoms with van der Waals surface area (Å²) in [6, 6.07) is 18.9. The molecule has 1 aliphatic rings. The van der Waals surface area contributed by atoms with Crippen molar-refractivity contribution < 1.29 is 13.6 Å². The average Bonchev–Trinajstić information content (AvgIpc) is 3.25. The van der Waals surface area contributed by atoms with Crippen LogP contribution in [0.4, 0.5) is 10.1 Å². The Labute approximate surface area is 197 Å². The summed E-state index contributed by atoms with van der Waals surface area (Å²) in [6.45, 7) is 4.77. The number of piperazine rings is 1. The van der Waals surface area contributed by atoms with Crippen LogP contribution in [0.2, 0.25) is 0 Å². The molecule has 0 radical (unpaired) electrons. The highest BCUT2D eigenvalue weighted by atomic mass is 35.5. The first-order valence-electron chi connectivity index (χ1n) is 10.7. The molecule has 0 atom stereocenters. The van der Waals surface area contributed by atoms with E-state index in [2.05, 4.69) is 21.6 Å². The Bertz CT molecular complexity index is 1270. The highest BCUT2D eigenvalue weighted by Gasteiger charge is 2.18. The van der Waals surface area contributed by atoms with Gasteiger partial charge in [0.15, 0.2) is 5.58 Å². The van der Waals surface area contributed by atoms with Crippen LogP contribution < -0.4 is 10.6 Å². The number of nitrogens with zero attached hydrogens (tertiary/aromatic N) is 2. The molecule has 5 rings (SSSR count). The van der Waals surface area contributed by atoms with Gasteiger partial charge in [0.25, 0.3) is 5.91 Å². The molecule has 3 aromatic carbocycles. The fourth-order valence-corrected chi connectivity index (χ4v) is 3.96. The second-order valence-corrected chi connectivity index (χ2v) is 7.82. The third kappa shape index (κ3) is 5.06. The zero-order valence-electron chi connectivity index (χ0n) is 17.9. The Balaban J connectivity index is 0.00000259. The number of benzene rings is 3. The molecule has 0 spiro atoms. The van der Waals surface area contributed by atoms with Gasteiger partial charge < -0.3 is 15.1 Å². The highest BCUT2D eigenvalue weighted by Crippen LogP contribution is 2.32. The lowest BCUT2D eigenvalue weighted by Crippen LogP contribution is -2.42. The van der Waals surface area contributed by atoms with Crippen LogP contribution in [0.1, 0.15) is 15.9 Å².